The topological polar surface area (TPSA) is 120 Å². The molecule has 1 aromatic carbocycles. The van der Waals surface area contributed by atoms with Gasteiger partial charge in [-0.25, -0.2) is 13.3 Å². The van der Waals surface area contributed by atoms with Gasteiger partial charge in [-0.3, -0.25) is 14.3 Å². The average Bonchev–Trinajstić information content (AvgIpc) is 3.30. The van der Waals surface area contributed by atoms with Gasteiger partial charge < -0.3 is 4.90 Å². The third-order valence-electron chi connectivity index (χ3n) is 7.31. The maximum Gasteiger partial charge on any atom is 0.417 e. The minimum atomic E-state index is -4.82. The lowest BCUT2D eigenvalue weighted by atomic mass is 10.0. The van der Waals surface area contributed by atoms with Crippen LogP contribution in [0.25, 0.3) is 0 Å². The predicted octanol–water partition coefficient (Wildman–Crippen LogP) is 3.64. The quantitative estimate of drug-likeness (QED) is 0.330. The predicted molar refractivity (Wildman–Crippen MR) is 143 cm³/mol. The van der Waals surface area contributed by atoms with Crippen LogP contribution in [0.15, 0.2) is 34.2 Å². The number of piperazine rings is 1. The van der Waals surface area contributed by atoms with Gasteiger partial charge >= 0.3 is 6.18 Å². The van der Waals surface area contributed by atoms with E-state index < -0.39 is 39.1 Å². The molecule has 15 heteroatoms. The molecule has 41 heavy (non-hydrogen) atoms. The number of anilines is 1. The molecule has 0 aliphatic carbocycles. The summed E-state index contributed by atoms with van der Waals surface area (Å²) in [7, 11) is -2.21. The highest BCUT2D eigenvalue weighted by molar-refractivity contribution is 7.89. The van der Waals surface area contributed by atoms with Crippen molar-refractivity contribution in [2.45, 2.75) is 44.2 Å². The highest BCUT2D eigenvalue weighted by atomic mass is 35.5. The molecule has 0 bridgehead atoms. The maximum absolute atomic E-state index is 13.4. The first-order valence-corrected chi connectivity index (χ1v) is 14.6. The van der Waals surface area contributed by atoms with Crippen LogP contribution in [-0.2, 0) is 32.8 Å². The van der Waals surface area contributed by atoms with Crippen LogP contribution in [0.4, 0.5) is 18.9 Å². The van der Waals surface area contributed by atoms with E-state index in [1.807, 2.05) is 0 Å². The van der Waals surface area contributed by atoms with Crippen molar-refractivity contribution in [3.63, 3.8) is 0 Å². The molecule has 2 aromatic rings. The van der Waals surface area contributed by atoms with Crippen LogP contribution in [-0.4, -0.2) is 71.9 Å². The SMILES string of the molecule is CC1=C(CCCCN2CCN(S(=O)(=O)c3c(C)nn(C)c3Cl)CC2)C(=O)N(c2ccc(C#N)c(C(F)(F)F)c2)C1=O. The molecule has 3 heterocycles. The number of nitrogens with zero attached hydrogens (tertiary/aromatic N) is 6. The summed E-state index contributed by atoms with van der Waals surface area (Å²) in [6, 6.07) is 4.23. The number of sulfonamides is 1. The van der Waals surface area contributed by atoms with Crippen molar-refractivity contribution >= 4 is 39.1 Å². The number of aryl methyl sites for hydroxylation is 2. The number of unbranched alkanes of at least 4 members (excludes halogenated alkanes) is 1. The van der Waals surface area contributed by atoms with Gasteiger partial charge in [-0.05, 0) is 57.9 Å². The van der Waals surface area contributed by atoms with E-state index in [-0.39, 0.29) is 46.4 Å². The van der Waals surface area contributed by atoms with E-state index in [1.54, 1.807) is 14.0 Å². The van der Waals surface area contributed by atoms with Gasteiger partial charge in [-0.2, -0.15) is 27.8 Å². The molecule has 10 nitrogen and oxygen atoms in total. The summed E-state index contributed by atoms with van der Waals surface area (Å²) >= 11 is 6.17. The van der Waals surface area contributed by atoms with Crippen LogP contribution in [0.2, 0.25) is 5.15 Å². The summed E-state index contributed by atoms with van der Waals surface area (Å²) in [4.78, 5) is 28.7. The number of benzene rings is 1. The summed E-state index contributed by atoms with van der Waals surface area (Å²) in [6.07, 6.45) is -3.35. The molecule has 1 saturated heterocycles. The fraction of sp³-hybridized carbons (Fsp3) is 0.462. The lowest BCUT2D eigenvalue weighted by Gasteiger charge is -2.33. The molecule has 4 rings (SSSR count). The number of amides is 2. The Morgan fingerprint density at radius 1 is 1.07 bits per heavy atom. The van der Waals surface area contributed by atoms with Crippen molar-refractivity contribution in [1.29, 1.82) is 5.26 Å². The highest BCUT2D eigenvalue weighted by Gasteiger charge is 2.39. The van der Waals surface area contributed by atoms with Gasteiger partial charge in [0.2, 0.25) is 10.0 Å². The van der Waals surface area contributed by atoms with Gasteiger partial charge in [0.25, 0.3) is 11.8 Å². The second kappa shape index (κ2) is 11.6. The monoisotopic (exact) mass is 612 g/mol. The molecule has 0 atom stereocenters. The van der Waals surface area contributed by atoms with Gasteiger partial charge in [-0.15, -0.1) is 0 Å². The normalized spacial score (nSPS) is 17.6. The molecule has 2 aliphatic rings. The average molecular weight is 613 g/mol. The minimum absolute atomic E-state index is 0.0132. The van der Waals surface area contributed by atoms with E-state index in [9.17, 15) is 31.2 Å². The second-order valence-electron chi connectivity index (χ2n) is 9.92. The first kappa shape index (κ1) is 30.7. The summed E-state index contributed by atoms with van der Waals surface area (Å²) in [6.45, 7) is 5.28. The number of carbonyl (C=O) groups is 2. The fourth-order valence-electron chi connectivity index (χ4n) is 5.08. The van der Waals surface area contributed by atoms with Crippen molar-refractivity contribution in [3.05, 3.63) is 51.3 Å². The Morgan fingerprint density at radius 3 is 2.29 bits per heavy atom. The number of hydrogen-bond acceptors (Lipinski definition) is 7. The van der Waals surface area contributed by atoms with Gasteiger partial charge in [0.1, 0.15) is 10.0 Å². The van der Waals surface area contributed by atoms with Crippen molar-refractivity contribution in [1.82, 2.24) is 19.0 Å². The maximum atomic E-state index is 13.4. The Hall–Kier alpha value is -3.25. The van der Waals surface area contributed by atoms with Crippen LogP contribution < -0.4 is 4.90 Å². The Balaban J connectivity index is 1.32. The largest absolute Gasteiger partial charge is 0.417 e. The Kier molecular flexibility index (Phi) is 8.65. The number of imide groups is 1. The first-order chi connectivity index (χ1) is 19.2. The van der Waals surface area contributed by atoms with Crippen molar-refractivity contribution in [2.24, 2.45) is 7.05 Å². The standard InChI is InChI=1S/C26H28ClF3N6O4S/c1-16-20(25(38)36(24(16)37)19-8-7-18(15-31)21(14-19)26(28,29)30)6-4-5-9-34-10-12-35(13-11-34)41(39,40)22-17(2)32-33(3)23(22)27/h7-8,14H,4-6,9-13H2,1-3H3. The third kappa shape index (κ3) is 5.90. The Bertz CT molecular complexity index is 1570. The summed E-state index contributed by atoms with van der Waals surface area (Å²) < 4.78 is 69.1. The molecule has 0 unspecified atom stereocenters. The molecular formula is C26H28ClF3N6O4S. The van der Waals surface area contributed by atoms with E-state index in [1.165, 1.54) is 22.0 Å². The van der Waals surface area contributed by atoms with Gasteiger partial charge in [-0.1, -0.05) is 11.6 Å². The van der Waals surface area contributed by atoms with Crippen molar-refractivity contribution < 1.29 is 31.2 Å². The molecule has 1 aromatic heterocycles. The first-order valence-electron chi connectivity index (χ1n) is 12.8. The Labute approximate surface area is 240 Å². The Morgan fingerprint density at radius 2 is 1.73 bits per heavy atom. The van der Waals surface area contributed by atoms with Gasteiger partial charge in [0, 0.05) is 44.4 Å². The number of halogens is 4. The van der Waals surface area contributed by atoms with Crippen LogP contribution in [0.3, 0.4) is 0 Å². The smallest absolute Gasteiger partial charge is 0.301 e. The molecule has 0 N–H and O–H groups in total. The van der Waals surface area contributed by atoms with Crippen LogP contribution in [0.1, 0.15) is 43.0 Å². The highest BCUT2D eigenvalue weighted by Crippen LogP contribution is 2.37. The number of carbonyl (C=O) groups excluding carboxylic acids is 2. The molecule has 2 aliphatic heterocycles. The number of nitriles is 1. The van der Waals surface area contributed by atoms with E-state index in [0.29, 0.717) is 44.2 Å². The molecular weight excluding hydrogens is 585 g/mol. The van der Waals surface area contributed by atoms with Crippen LogP contribution in [0.5, 0.6) is 0 Å². The summed E-state index contributed by atoms with van der Waals surface area (Å²) in [5.74, 6) is -1.36. The molecule has 1 fully saturated rings. The second-order valence-corrected chi connectivity index (χ2v) is 12.2. The van der Waals surface area contributed by atoms with E-state index >= 15 is 0 Å². The van der Waals surface area contributed by atoms with Gasteiger partial charge in [0.15, 0.2) is 0 Å². The lowest BCUT2D eigenvalue weighted by molar-refractivity contribution is -0.138. The number of aromatic nitrogens is 2. The minimum Gasteiger partial charge on any atom is -0.301 e. The van der Waals surface area contributed by atoms with Crippen LogP contribution in [0, 0.1) is 18.3 Å². The van der Waals surface area contributed by atoms with Crippen LogP contribution >= 0.6 is 11.6 Å². The zero-order valence-corrected chi connectivity index (χ0v) is 24.2. The fourth-order valence-corrected chi connectivity index (χ4v) is 7.21. The van der Waals surface area contributed by atoms with E-state index in [4.69, 9.17) is 16.9 Å². The molecule has 0 radical (unpaired) electrons. The number of rotatable bonds is 8. The molecule has 0 spiro atoms. The zero-order valence-electron chi connectivity index (χ0n) is 22.6. The summed E-state index contributed by atoms with van der Waals surface area (Å²) in [5.41, 5.74) is -1.29. The number of hydrogen-bond donors (Lipinski definition) is 0. The van der Waals surface area contributed by atoms with E-state index in [0.717, 1.165) is 17.0 Å². The molecule has 0 saturated carbocycles. The third-order valence-corrected chi connectivity index (χ3v) is 9.90. The zero-order chi connectivity index (χ0) is 30.3. The molecule has 220 valence electrons. The van der Waals surface area contributed by atoms with Crippen molar-refractivity contribution in [2.75, 3.05) is 37.6 Å². The van der Waals surface area contributed by atoms with Crippen molar-refractivity contribution in [3.8, 4) is 6.07 Å². The number of alkyl halides is 3. The molecule has 2 amide bonds. The summed E-state index contributed by atoms with van der Waals surface area (Å²) in [5, 5.41) is 13.2. The van der Waals surface area contributed by atoms with E-state index in [2.05, 4.69) is 10.00 Å². The van der Waals surface area contributed by atoms with Gasteiger partial charge in [0.05, 0.1) is 28.6 Å². The lowest BCUT2D eigenvalue weighted by Crippen LogP contribution is -2.48.